The summed E-state index contributed by atoms with van der Waals surface area (Å²) in [5, 5.41) is 11.5. The molecular weight excluding hydrogens is 250 g/mol. The number of para-hydroxylation sites is 1. The van der Waals surface area contributed by atoms with Crippen molar-refractivity contribution in [3.63, 3.8) is 0 Å². The second-order valence-electron chi connectivity index (χ2n) is 5.61. The molecule has 2 unspecified atom stereocenters. The number of hydrogen-bond acceptors (Lipinski definition) is 3. The molecule has 2 heterocycles. The molecule has 1 N–H and O–H groups in total. The lowest BCUT2D eigenvalue weighted by atomic mass is 10.0. The molecule has 3 heteroatoms. The average Bonchev–Trinajstić information content (AvgIpc) is 2.98. The second kappa shape index (κ2) is 5.90. The molecule has 0 bridgehead atoms. The fourth-order valence-electron chi connectivity index (χ4n) is 2.91. The maximum atomic E-state index is 10.3. The monoisotopic (exact) mass is 271 g/mol. The van der Waals surface area contributed by atoms with Crippen molar-refractivity contribution < 1.29 is 9.84 Å². The first-order valence-corrected chi connectivity index (χ1v) is 7.40. The standard InChI is InChI=1S/C17H21NO2/c1-12-11-16(18-15-7-3-2-6-14(12)15)17(19)9-8-13-5-4-10-20-13/h2-3,6-7,11,13,17,19H,4-5,8-10H2,1H3. The molecule has 1 aliphatic heterocycles. The van der Waals surface area contributed by atoms with E-state index in [9.17, 15) is 5.11 Å². The van der Waals surface area contributed by atoms with Crippen LogP contribution >= 0.6 is 0 Å². The SMILES string of the molecule is Cc1cc(C(O)CCC2CCCO2)nc2ccccc12. The Morgan fingerprint density at radius 3 is 3.05 bits per heavy atom. The average molecular weight is 271 g/mol. The summed E-state index contributed by atoms with van der Waals surface area (Å²) in [5.74, 6) is 0. The fourth-order valence-corrected chi connectivity index (χ4v) is 2.91. The number of hydrogen-bond donors (Lipinski definition) is 1. The van der Waals surface area contributed by atoms with Gasteiger partial charge in [0, 0.05) is 12.0 Å². The van der Waals surface area contributed by atoms with Gasteiger partial charge in [-0.2, -0.15) is 0 Å². The highest BCUT2D eigenvalue weighted by molar-refractivity contribution is 5.82. The van der Waals surface area contributed by atoms with Gasteiger partial charge in [-0.25, -0.2) is 0 Å². The van der Waals surface area contributed by atoms with Crippen LogP contribution in [0.1, 0.15) is 43.0 Å². The maximum Gasteiger partial charge on any atom is 0.0961 e. The summed E-state index contributed by atoms with van der Waals surface area (Å²) in [6, 6.07) is 10.1. The third-order valence-corrected chi connectivity index (χ3v) is 4.07. The minimum Gasteiger partial charge on any atom is -0.387 e. The molecule has 20 heavy (non-hydrogen) atoms. The van der Waals surface area contributed by atoms with Gasteiger partial charge in [0.1, 0.15) is 0 Å². The van der Waals surface area contributed by atoms with Crippen LogP contribution in [0.5, 0.6) is 0 Å². The molecule has 3 rings (SSSR count). The topological polar surface area (TPSA) is 42.4 Å². The Kier molecular flexibility index (Phi) is 3.99. The Hall–Kier alpha value is -1.45. The van der Waals surface area contributed by atoms with Gasteiger partial charge in [0.15, 0.2) is 0 Å². The van der Waals surface area contributed by atoms with E-state index in [4.69, 9.17) is 4.74 Å². The van der Waals surface area contributed by atoms with Crippen molar-refractivity contribution >= 4 is 10.9 Å². The molecular formula is C17H21NO2. The highest BCUT2D eigenvalue weighted by atomic mass is 16.5. The van der Waals surface area contributed by atoms with Crippen molar-refractivity contribution in [2.45, 2.75) is 44.8 Å². The molecule has 1 fully saturated rings. The molecule has 1 aromatic carbocycles. The largest absolute Gasteiger partial charge is 0.387 e. The molecule has 2 aromatic rings. The quantitative estimate of drug-likeness (QED) is 0.925. The van der Waals surface area contributed by atoms with Gasteiger partial charge in [-0.05, 0) is 50.3 Å². The first-order valence-electron chi connectivity index (χ1n) is 7.40. The molecule has 0 aliphatic carbocycles. The predicted octanol–water partition coefficient (Wildman–Crippen LogP) is 3.54. The van der Waals surface area contributed by atoms with E-state index < -0.39 is 6.10 Å². The van der Waals surface area contributed by atoms with Crippen molar-refractivity contribution in [3.8, 4) is 0 Å². The van der Waals surface area contributed by atoms with E-state index in [2.05, 4.69) is 18.0 Å². The molecule has 0 amide bonds. The third-order valence-electron chi connectivity index (χ3n) is 4.07. The molecule has 3 nitrogen and oxygen atoms in total. The molecule has 0 saturated carbocycles. The Morgan fingerprint density at radius 1 is 1.40 bits per heavy atom. The van der Waals surface area contributed by atoms with Gasteiger partial charge in [0.25, 0.3) is 0 Å². The van der Waals surface area contributed by atoms with E-state index in [1.165, 1.54) is 5.56 Å². The number of benzene rings is 1. The second-order valence-corrected chi connectivity index (χ2v) is 5.61. The molecule has 1 aliphatic rings. The van der Waals surface area contributed by atoms with Crippen molar-refractivity contribution in [2.24, 2.45) is 0 Å². The number of aliphatic hydroxyl groups is 1. The molecule has 2 atom stereocenters. The highest BCUT2D eigenvalue weighted by Crippen LogP contribution is 2.26. The summed E-state index contributed by atoms with van der Waals surface area (Å²) in [7, 11) is 0. The van der Waals surface area contributed by atoms with E-state index in [-0.39, 0.29) is 0 Å². The van der Waals surface area contributed by atoms with E-state index in [1.54, 1.807) is 0 Å². The highest BCUT2D eigenvalue weighted by Gasteiger charge is 2.18. The lowest BCUT2D eigenvalue weighted by Crippen LogP contribution is -2.09. The number of rotatable bonds is 4. The van der Waals surface area contributed by atoms with Crippen molar-refractivity contribution in [1.29, 1.82) is 0 Å². The summed E-state index contributed by atoms with van der Waals surface area (Å²) < 4.78 is 5.60. The fraction of sp³-hybridized carbons (Fsp3) is 0.471. The smallest absolute Gasteiger partial charge is 0.0961 e. The Morgan fingerprint density at radius 2 is 2.25 bits per heavy atom. The number of aliphatic hydroxyl groups excluding tert-OH is 1. The van der Waals surface area contributed by atoms with Crippen LogP contribution < -0.4 is 0 Å². The van der Waals surface area contributed by atoms with Crippen molar-refractivity contribution in [3.05, 3.63) is 41.6 Å². The van der Waals surface area contributed by atoms with Crippen LogP contribution in [0, 0.1) is 6.92 Å². The molecule has 0 radical (unpaired) electrons. The van der Waals surface area contributed by atoms with E-state index in [0.717, 1.165) is 48.9 Å². The zero-order chi connectivity index (χ0) is 13.9. The van der Waals surface area contributed by atoms with Gasteiger partial charge in [0.2, 0.25) is 0 Å². The van der Waals surface area contributed by atoms with Crippen LogP contribution in [0.4, 0.5) is 0 Å². The summed E-state index contributed by atoms with van der Waals surface area (Å²) in [4.78, 5) is 4.59. The number of ether oxygens (including phenoxy) is 1. The van der Waals surface area contributed by atoms with Crippen LogP contribution in [0.15, 0.2) is 30.3 Å². The van der Waals surface area contributed by atoms with Gasteiger partial charge in [0.05, 0.1) is 23.4 Å². The van der Waals surface area contributed by atoms with E-state index in [0.29, 0.717) is 6.10 Å². The minimum absolute atomic E-state index is 0.325. The van der Waals surface area contributed by atoms with Gasteiger partial charge >= 0.3 is 0 Å². The first kappa shape index (κ1) is 13.5. The van der Waals surface area contributed by atoms with Gasteiger partial charge < -0.3 is 9.84 Å². The van der Waals surface area contributed by atoms with E-state index in [1.807, 2.05) is 24.3 Å². The molecule has 1 aromatic heterocycles. The van der Waals surface area contributed by atoms with Gasteiger partial charge in [-0.1, -0.05) is 18.2 Å². The normalized spacial score (nSPS) is 20.4. The lowest BCUT2D eigenvalue weighted by Gasteiger charge is -2.15. The molecule has 106 valence electrons. The summed E-state index contributed by atoms with van der Waals surface area (Å²) in [6.45, 7) is 2.94. The number of aryl methyl sites for hydroxylation is 1. The summed E-state index contributed by atoms with van der Waals surface area (Å²) >= 11 is 0. The summed E-state index contributed by atoms with van der Waals surface area (Å²) in [6.07, 6.45) is 3.73. The summed E-state index contributed by atoms with van der Waals surface area (Å²) in [5.41, 5.74) is 2.90. The van der Waals surface area contributed by atoms with Crippen molar-refractivity contribution in [2.75, 3.05) is 6.61 Å². The molecule has 1 saturated heterocycles. The first-order chi connectivity index (χ1) is 9.74. The van der Waals surface area contributed by atoms with Crippen LogP contribution in [0.3, 0.4) is 0 Å². The van der Waals surface area contributed by atoms with Crippen molar-refractivity contribution in [1.82, 2.24) is 4.98 Å². The van der Waals surface area contributed by atoms with Crippen LogP contribution in [0.25, 0.3) is 10.9 Å². The van der Waals surface area contributed by atoms with Crippen LogP contribution in [-0.4, -0.2) is 22.8 Å². The van der Waals surface area contributed by atoms with Crippen LogP contribution in [-0.2, 0) is 4.74 Å². The molecule has 0 spiro atoms. The maximum absolute atomic E-state index is 10.3. The lowest BCUT2D eigenvalue weighted by molar-refractivity contribution is 0.0803. The van der Waals surface area contributed by atoms with Gasteiger partial charge in [-0.3, -0.25) is 4.98 Å². The number of nitrogens with zero attached hydrogens (tertiary/aromatic N) is 1. The predicted molar refractivity (Wildman–Crippen MR) is 79.6 cm³/mol. The Labute approximate surface area is 119 Å². The van der Waals surface area contributed by atoms with E-state index >= 15 is 0 Å². The number of aromatic nitrogens is 1. The zero-order valence-corrected chi connectivity index (χ0v) is 11.9. The number of fused-ring (bicyclic) bond motifs is 1. The zero-order valence-electron chi connectivity index (χ0n) is 11.9. The van der Waals surface area contributed by atoms with Crippen LogP contribution in [0.2, 0.25) is 0 Å². The third kappa shape index (κ3) is 2.84. The van der Waals surface area contributed by atoms with Gasteiger partial charge in [-0.15, -0.1) is 0 Å². The number of pyridine rings is 1. The Bertz CT molecular complexity index is 591. The Balaban J connectivity index is 1.75. The minimum atomic E-state index is -0.498.